The molecule has 90 heavy (non-hydrogen) atoms. The van der Waals surface area contributed by atoms with Gasteiger partial charge in [0, 0.05) is 94.7 Å². The van der Waals surface area contributed by atoms with Gasteiger partial charge < -0.3 is 0 Å². The first-order valence-corrected chi connectivity index (χ1v) is 32.1. The molecular formula is C78H44F2N4O2S4. The predicted molar refractivity (Wildman–Crippen MR) is 358 cm³/mol. The van der Waals surface area contributed by atoms with Crippen molar-refractivity contribution in [3.63, 3.8) is 0 Å². The summed E-state index contributed by atoms with van der Waals surface area (Å²) in [4.78, 5) is 41.1. The number of nitrogens with zero attached hydrogens (tertiary/aromatic N) is 4. The number of hydrogen-bond acceptors (Lipinski definition) is 8. The molecule has 0 fully saturated rings. The second-order valence-corrected chi connectivity index (χ2v) is 27.3. The lowest BCUT2D eigenvalue weighted by atomic mass is 9.65. The highest BCUT2D eigenvalue weighted by Crippen LogP contribution is 2.68. The maximum Gasteiger partial charge on any atom is 0.270 e. The zero-order valence-corrected chi connectivity index (χ0v) is 51.7. The summed E-state index contributed by atoms with van der Waals surface area (Å²) in [5.74, 6) is -1.61. The van der Waals surface area contributed by atoms with Gasteiger partial charge in [-0.05, 0) is 121 Å². The quantitative estimate of drug-likeness (QED) is 0.0861. The third-order valence-corrected chi connectivity index (χ3v) is 22.7. The van der Waals surface area contributed by atoms with Crippen LogP contribution in [0.3, 0.4) is 0 Å². The summed E-state index contributed by atoms with van der Waals surface area (Å²) in [5, 5.41) is 20.2. The number of thiophene rings is 4. The maximum atomic E-state index is 20.2. The molecule has 0 unspecified atom stereocenters. The van der Waals surface area contributed by atoms with Crippen LogP contribution in [0.15, 0.2) is 205 Å². The fourth-order valence-electron chi connectivity index (χ4n) is 13.9. The number of fused-ring (bicyclic) bond motifs is 8. The van der Waals surface area contributed by atoms with Gasteiger partial charge in [-0.2, -0.15) is 0 Å². The van der Waals surface area contributed by atoms with Crippen molar-refractivity contribution in [1.29, 1.82) is 10.5 Å². The molecule has 4 heterocycles. The molecule has 0 atom stereocenters. The molecule has 426 valence electrons. The number of aryl methyl sites for hydroxylation is 4. The Bertz CT molecular complexity index is 4870. The van der Waals surface area contributed by atoms with Crippen molar-refractivity contribution in [2.24, 2.45) is 0 Å². The molecule has 0 N–H and O–H groups in total. The monoisotopic (exact) mass is 1230 g/mol. The van der Waals surface area contributed by atoms with Crippen molar-refractivity contribution in [3.8, 4) is 52.5 Å². The third-order valence-electron chi connectivity index (χ3n) is 17.9. The largest absolute Gasteiger partial charge is 0.289 e. The SMILES string of the molecule is [C-]#[N+]/C(C#N)=C1\C(=C\c2ccc(-c3cc4c(s3)-c3c(F)c5c(c(F)c3C4(c3ccc(C)cc3)c3ccc(C)cc3)-c3sc(-c4ccc(/C=C6\C(=O)c7ccccc7\C6=C(\C#N)[N+]#[C-])s4)cc3C5(c3ccc(C)cc3)c3ccc(C)cc3)s2)C(=O)c2ccccc21. The van der Waals surface area contributed by atoms with Gasteiger partial charge in [0.1, 0.15) is 11.6 Å². The van der Waals surface area contributed by atoms with Crippen LogP contribution in [-0.2, 0) is 10.8 Å². The van der Waals surface area contributed by atoms with Crippen LogP contribution in [0.4, 0.5) is 8.78 Å². The number of carbonyl (C=O) groups is 2. The van der Waals surface area contributed by atoms with E-state index in [0.29, 0.717) is 52.9 Å². The number of rotatable bonds is 8. The smallest absolute Gasteiger partial charge is 0.270 e. The lowest BCUT2D eigenvalue weighted by Gasteiger charge is -2.36. The molecule has 0 amide bonds. The Morgan fingerprint density at radius 1 is 0.444 bits per heavy atom. The van der Waals surface area contributed by atoms with Crippen LogP contribution in [0.25, 0.3) is 73.4 Å². The van der Waals surface area contributed by atoms with Crippen molar-refractivity contribution in [3.05, 3.63) is 338 Å². The summed E-state index contributed by atoms with van der Waals surface area (Å²) >= 11 is 5.68. The summed E-state index contributed by atoms with van der Waals surface area (Å²) < 4.78 is 40.5. The Hall–Kier alpha value is -10.5. The van der Waals surface area contributed by atoms with Gasteiger partial charge in [-0.25, -0.2) is 29.0 Å². The third kappa shape index (κ3) is 8.03. The molecule has 0 radical (unpaired) electrons. The van der Waals surface area contributed by atoms with Crippen LogP contribution in [0, 0.1) is 75.1 Å². The molecule has 4 aromatic heterocycles. The number of benzene rings is 7. The Kier molecular flexibility index (Phi) is 13.1. The second-order valence-electron chi connectivity index (χ2n) is 23.0. The number of ketones is 2. The van der Waals surface area contributed by atoms with E-state index in [2.05, 4.69) is 21.8 Å². The standard InChI is InChI=1S/C78H44F2N4O2S4/c1-41-15-23-45(24-16-41)77(46-25-17-42(2)18-26-46)57-37-63(61-33-31-49(87-61)35-55-65(59(39-81)83-5)51-11-7-9-13-53(51)73(55)85)89-75(57)67-69(77)71(79)68-70(72(67)80)78(47-27-19-43(3)20-28-47,48-29-21-44(4)22-30-48)58-38-64(90-76(58)68)62-34-32-50(88-62)36-56-66(60(40-82)84-6)52-12-8-10-14-54(52)74(56)86/h7-38H,1-4H3/b55-35-,56-36-,65-59-,66-60+. The predicted octanol–water partition coefficient (Wildman–Crippen LogP) is 20.4. The molecule has 12 heteroatoms. The second kappa shape index (κ2) is 21.1. The number of carbonyl (C=O) groups excluding carboxylic acids is 2. The van der Waals surface area contributed by atoms with E-state index in [-0.39, 0.29) is 56.4 Å². The zero-order chi connectivity index (χ0) is 62.1. The minimum Gasteiger partial charge on any atom is -0.289 e. The molecule has 0 aliphatic heterocycles. The van der Waals surface area contributed by atoms with Crippen LogP contribution in [0.2, 0.25) is 0 Å². The first-order valence-electron chi connectivity index (χ1n) is 28.8. The normalized spacial score (nSPS) is 16.4. The number of Topliss-reactive ketones (excluding diaryl/α,β-unsaturated/α-hetero) is 2. The molecule has 11 aromatic rings. The molecule has 0 bridgehead atoms. The van der Waals surface area contributed by atoms with E-state index in [9.17, 15) is 20.1 Å². The highest BCUT2D eigenvalue weighted by molar-refractivity contribution is 7.25. The van der Waals surface area contributed by atoms with Crippen molar-refractivity contribution in [2.45, 2.75) is 38.5 Å². The lowest BCUT2D eigenvalue weighted by molar-refractivity contribution is 0.103. The Balaban J connectivity index is 0.982. The fraction of sp³-hybridized carbons (Fsp3) is 0.0769. The summed E-state index contributed by atoms with van der Waals surface area (Å²) in [7, 11) is 0. The van der Waals surface area contributed by atoms with Gasteiger partial charge in [-0.3, -0.25) is 9.59 Å². The van der Waals surface area contributed by atoms with Crippen molar-refractivity contribution in [2.75, 3.05) is 0 Å². The first-order chi connectivity index (χ1) is 43.7. The summed E-state index contributed by atoms with van der Waals surface area (Å²) in [5.41, 5.74) is 9.26. The van der Waals surface area contributed by atoms with Gasteiger partial charge in [0.2, 0.25) is 0 Å². The molecular weight excluding hydrogens is 1190 g/mol. The maximum absolute atomic E-state index is 20.2. The Labute approximate surface area is 534 Å². The van der Waals surface area contributed by atoms with Crippen LogP contribution >= 0.6 is 45.3 Å². The first kappa shape index (κ1) is 56.0. The van der Waals surface area contributed by atoms with E-state index >= 15 is 8.78 Å². The fourth-order valence-corrected chi connectivity index (χ4v) is 18.5. The molecule has 6 nitrogen and oxygen atoms in total. The summed E-state index contributed by atoms with van der Waals surface area (Å²) in [6.45, 7) is 23.8. The average molecular weight is 1240 g/mol. The molecule has 4 aliphatic rings. The van der Waals surface area contributed by atoms with Gasteiger partial charge in [0.25, 0.3) is 11.4 Å². The minimum absolute atomic E-state index is 0.169. The summed E-state index contributed by atoms with van der Waals surface area (Å²) in [6.07, 6.45) is 3.49. The van der Waals surface area contributed by atoms with Crippen LogP contribution in [0.1, 0.15) is 108 Å². The number of nitriles is 2. The lowest BCUT2D eigenvalue weighted by Crippen LogP contribution is -2.32. The highest BCUT2D eigenvalue weighted by Gasteiger charge is 2.58. The summed E-state index contributed by atoms with van der Waals surface area (Å²) in [6, 6.07) is 62.5. The Morgan fingerprint density at radius 2 is 0.767 bits per heavy atom. The highest BCUT2D eigenvalue weighted by atomic mass is 32.1. The molecule has 0 spiro atoms. The molecule has 15 rings (SSSR count). The van der Waals surface area contributed by atoms with Crippen molar-refractivity contribution < 1.29 is 18.4 Å². The van der Waals surface area contributed by atoms with Crippen molar-refractivity contribution in [1.82, 2.24) is 0 Å². The molecule has 0 saturated carbocycles. The van der Waals surface area contributed by atoms with E-state index in [4.69, 9.17) is 13.1 Å². The van der Waals surface area contributed by atoms with Gasteiger partial charge in [0.05, 0.1) is 36.1 Å². The van der Waals surface area contributed by atoms with Gasteiger partial charge in [-0.15, -0.1) is 45.3 Å². The average Bonchev–Trinajstić information content (AvgIpc) is 1.48. The van der Waals surface area contributed by atoms with Crippen LogP contribution in [0.5, 0.6) is 0 Å². The number of hydrogen-bond donors (Lipinski definition) is 0. The van der Waals surface area contributed by atoms with E-state index in [1.165, 1.54) is 45.3 Å². The minimum atomic E-state index is -1.39. The molecule has 7 aromatic carbocycles. The van der Waals surface area contributed by atoms with Crippen LogP contribution < -0.4 is 0 Å². The topological polar surface area (TPSA) is 90.4 Å². The Morgan fingerprint density at radius 3 is 1.08 bits per heavy atom. The number of halogens is 2. The van der Waals surface area contributed by atoms with E-state index < -0.39 is 22.5 Å². The van der Waals surface area contributed by atoms with Crippen molar-refractivity contribution >= 4 is 80.2 Å². The van der Waals surface area contributed by atoms with Gasteiger partial charge >= 0.3 is 0 Å². The van der Waals surface area contributed by atoms with E-state index in [1.54, 1.807) is 60.7 Å². The van der Waals surface area contributed by atoms with E-state index in [0.717, 1.165) is 75.1 Å². The molecule has 0 saturated heterocycles. The molecule has 4 aliphatic carbocycles. The van der Waals surface area contributed by atoms with Crippen LogP contribution in [-0.4, -0.2) is 11.6 Å². The van der Waals surface area contributed by atoms with E-state index in [1.807, 2.05) is 161 Å². The number of allylic oxidation sites excluding steroid dienone is 6. The zero-order valence-electron chi connectivity index (χ0n) is 48.5. The van der Waals surface area contributed by atoms with Gasteiger partial charge in [-0.1, -0.05) is 168 Å². The van der Waals surface area contributed by atoms with Gasteiger partial charge in [0.15, 0.2) is 11.6 Å².